The van der Waals surface area contributed by atoms with E-state index in [1.165, 1.54) is 0 Å². The Labute approximate surface area is 105 Å². The maximum Gasteiger partial charge on any atom is 1.00 e. The average molecular weight is 165 g/mol. The molecular weight excluding hydrogens is 153 g/mol. The van der Waals surface area contributed by atoms with Crippen molar-refractivity contribution in [1.29, 1.82) is 0 Å². The third-order valence-corrected chi connectivity index (χ3v) is 1.91. The van der Waals surface area contributed by atoms with Gasteiger partial charge in [-0.05, 0) is 31.8 Å². The van der Waals surface area contributed by atoms with Gasteiger partial charge in [0.25, 0.3) is 0 Å². The summed E-state index contributed by atoms with van der Waals surface area (Å²) >= 11 is 0. The number of amides is 1. The van der Waals surface area contributed by atoms with Gasteiger partial charge < -0.3 is 9.69 Å². The van der Waals surface area contributed by atoms with Gasteiger partial charge >= 0.3 is 51.4 Å². The smallest absolute Gasteiger partial charge is 0.520 e. The Balaban J connectivity index is 0.000000810. The number of carbonyl (C=O) groups excluding carboxylic acids is 1. The first-order valence-corrected chi connectivity index (χ1v) is 3.45. The van der Waals surface area contributed by atoms with E-state index in [1.807, 2.05) is 6.41 Å². The summed E-state index contributed by atoms with van der Waals surface area (Å²) in [5, 5.41) is 0. The van der Waals surface area contributed by atoms with Crippen LogP contribution in [-0.4, -0.2) is 24.4 Å². The number of hydrogen-bond donors (Lipinski definition) is 0. The summed E-state index contributed by atoms with van der Waals surface area (Å²) in [5.74, 6) is 0.801. The number of rotatable bonds is 1. The quantitative estimate of drug-likeness (QED) is 0.319. The molecule has 0 aromatic heterocycles. The topological polar surface area (TPSA) is 20.3 Å². The zero-order valence-corrected chi connectivity index (χ0v) is 9.88. The van der Waals surface area contributed by atoms with Gasteiger partial charge in [0.05, 0.1) is 0 Å². The molecule has 0 saturated carbocycles. The van der Waals surface area contributed by atoms with Crippen molar-refractivity contribution in [3.05, 3.63) is 0 Å². The zero-order chi connectivity index (χ0) is 6.69. The second-order valence-electron chi connectivity index (χ2n) is 2.76. The Morgan fingerprint density at radius 3 is 2.30 bits per heavy atom. The van der Waals surface area contributed by atoms with Crippen molar-refractivity contribution >= 4 is 6.41 Å². The van der Waals surface area contributed by atoms with Crippen LogP contribution in [0.1, 0.15) is 19.8 Å². The molecule has 1 rings (SSSR count). The predicted molar refractivity (Wildman–Crippen MR) is 35.7 cm³/mol. The van der Waals surface area contributed by atoms with E-state index in [0.717, 1.165) is 31.8 Å². The van der Waals surface area contributed by atoms with Gasteiger partial charge in [0.15, 0.2) is 0 Å². The summed E-state index contributed by atoms with van der Waals surface area (Å²) in [7, 11) is 0. The van der Waals surface area contributed by atoms with Gasteiger partial charge in [0.1, 0.15) is 0 Å². The summed E-state index contributed by atoms with van der Waals surface area (Å²) in [4.78, 5) is 11.8. The molecule has 0 unspecified atom stereocenters. The molecule has 0 atom stereocenters. The minimum atomic E-state index is 0. The summed E-state index contributed by atoms with van der Waals surface area (Å²) < 4.78 is 0. The Morgan fingerprint density at radius 2 is 1.90 bits per heavy atom. The first-order valence-electron chi connectivity index (χ1n) is 3.45. The summed E-state index contributed by atoms with van der Waals surface area (Å²) in [6.07, 6.45) is 4.20. The zero-order valence-electron chi connectivity index (χ0n) is 6.76. The van der Waals surface area contributed by atoms with Crippen LogP contribution in [0.4, 0.5) is 0 Å². The van der Waals surface area contributed by atoms with Crippen molar-refractivity contribution in [1.82, 2.24) is 4.90 Å². The minimum Gasteiger partial charge on any atom is -0.520 e. The van der Waals surface area contributed by atoms with E-state index < -0.39 is 0 Å². The largest absolute Gasteiger partial charge is 1.00 e. The molecule has 2 nitrogen and oxygen atoms in total. The van der Waals surface area contributed by atoms with E-state index in [4.69, 9.17) is 0 Å². The molecule has 1 heterocycles. The van der Waals surface area contributed by atoms with Crippen molar-refractivity contribution in [3.8, 4) is 0 Å². The van der Waals surface area contributed by atoms with Gasteiger partial charge in [-0.3, -0.25) is 0 Å². The predicted octanol–water partition coefficient (Wildman–Crippen LogP) is -2.21. The van der Waals surface area contributed by atoms with Crippen LogP contribution in [0.2, 0.25) is 0 Å². The molecular formula is C7H12KNO. The second-order valence-corrected chi connectivity index (χ2v) is 2.76. The standard InChI is InChI=1S/C7H12NO.K/c1-7-2-4-8(6-9)5-3-7;/h7H,2-5H2,1H3;/q-1;+1. The molecule has 0 spiro atoms. The number of nitrogens with zero attached hydrogens (tertiary/aromatic N) is 1. The molecule has 0 N–H and O–H groups in total. The van der Waals surface area contributed by atoms with E-state index in [1.54, 1.807) is 4.90 Å². The third-order valence-electron chi connectivity index (χ3n) is 1.91. The Morgan fingerprint density at radius 1 is 1.40 bits per heavy atom. The molecule has 1 saturated heterocycles. The van der Waals surface area contributed by atoms with Crippen LogP contribution in [0, 0.1) is 5.92 Å². The number of piperidine rings is 1. The Bertz CT molecular complexity index is 99.8. The number of likely N-dealkylation sites (tertiary alicyclic amines) is 1. The van der Waals surface area contributed by atoms with Gasteiger partial charge in [0, 0.05) is 0 Å². The van der Waals surface area contributed by atoms with Crippen LogP contribution in [0.3, 0.4) is 0 Å². The normalized spacial score (nSPS) is 19.9. The first kappa shape index (κ1) is 11.1. The molecule has 1 amide bonds. The molecule has 0 aromatic rings. The van der Waals surface area contributed by atoms with Gasteiger partial charge in [-0.15, -0.1) is 0 Å². The fourth-order valence-corrected chi connectivity index (χ4v) is 1.10. The fourth-order valence-electron chi connectivity index (χ4n) is 1.10. The van der Waals surface area contributed by atoms with Gasteiger partial charge in [0.2, 0.25) is 0 Å². The van der Waals surface area contributed by atoms with Crippen LogP contribution >= 0.6 is 0 Å². The van der Waals surface area contributed by atoms with Crippen molar-refractivity contribution in [2.45, 2.75) is 19.8 Å². The van der Waals surface area contributed by atoms with Gasteiger partial charge in [-0.25, -0.2) is 0 Å². The molecule has 10 heavy (non-hydrogen) atoms. The van der Waals surface area contributed by atoms with E-state index in [9.17, 15) is 4.79 Å². The molecule has 0 aliphatic carbocycles. The van der Waals surface area contributed by atoms with Crippen molar-refractivity contribution < 1.29 is 56.2 Å². The molecule has 3 heteroatoms. The molecule has 52 valence electrons. The van der Waals surface area contributed by atoms with Crippen LogP contribution < -0.4 is 51.4 Å². The number of hydrogen-bond acceptors (Lipinski definition) is 1. The molecule has 0 aromatic carbocycles. The summed E-state index contributed by atoms with van der Waals surface area (Å²) in [5.41, 5.74) is 0. The fraction of sp³-hybridized carbons (Fsp3) is 0.857. The van der Waals surface area contributed by atoms with E-state index in [-0.39, 0.29) is 51.4 Å². The molecule has 0 bridgehead atoms. The maximum atomic E-state index is 10.1. The van der Waals surface area contributed by atoms with Crippen molar-refractivity contribution in [2.75, 3.05) is 13.1 Å². The summed E-state index contributed by atoms with van der Waals surface area (Å²) in [6, 6.07) is 0. The SMILES string of the molecule is CC1CCN([C-]=O)CC1.[K+]. The summed E-state index contributed by atoms with van der Waals surface area (Å²) in [6.45, 7) is 4.04. The molecule has 0 radical (unpaired) electrons. The molecule has 1 aliphatic heterocycles. The van der Waals surface area contributed by atoms with E-state index >= 15 is 0 Å². The average Bonchev–Trinajstić information content (AvgIpc) is 1.90. The van der Waals surface area contributed by atoms with Crippen molar-refractivity contribution in [3.63, 3.8) is 0 Å². The van der Waals surface area contributed by atoms with Crippen LogP contribution in [0.25, 0.3) is 0 Å². The third kappa shape index (κ3) is 3.48. The molecule has 1 fully saturated rings. The Hall–Kier alpha value is 1.11. The van der Waals surface area contributed by atoms with E-state index in [2.05, 4.69) is 6.92 Å². The first-order chi connectivity index (χ1) is 4.33. The maximum absolute atomic E-state index is 10.1. The Kier molecular flexibility index (Phi) is 6.35. The van der Waals surface area contributed by atoms with Crippen LogP contribution in [0.5, 0.6) is 0 Å². The van der Waals surface area contributed by atoms with Crippen LogP contribution in [0.15, 0.2) is 0 Å². The molecule has 1 aliphatic rings. The van der Waals surface area contributed by atoms with Crippen molar-refractivity contribution in [2.24, 2.45) is 5.92 Å². The minimum absolute atomic E-state index is 0. The van der Waals surface area contributed by atoms with Crippen LogP contribution in [-0.2, 0) is 4.79 Å². The van der Waals surface area contributed by atoms with Gasteiger partial charge in [-0.2, -0.15) is 6.41 Å². The van der Waals surface area contributed by atoms with Gasteiger partial charge in [-0.1, -0.05) is 6.92 Å². The second kappa shape index (κ2) is 5.72. The van der Waals surface area contributed by atoms with E-state index in [0.29, 0.717) is 0 Å². The monoisotopic (exact) mass is 165 g/mol.